The fourth-order valence-corrected chi connectivity index (χ4v) is 3.48. The summed E-state index contributed by atoms with van der Waals surface area (Å²) in [6, 6.07) is 5.65. The highest BCUT2D eigenvalue weighted by Gasteiger charge is 2.31. The van der Waals surface area contributed by atoms with Crippen molar-refractivity contribution in [1.29, 1.82) is 0 Å². The molecule has 1 atom stereocenters. The summed E-state index contributed by atoms with van der Waals surface area (Å²) in [6.07, 6.45) is 5.02. The zero-order valence-corrected chi connectivity index (χ0v) is 12.7. The van der Waals surface area contributed by atoms with Gasteiger partial charge in [-0.25, -0.2) is 0 Å². The Bertz CT molecular complexity index is 524. The highest BCUT2D eigenvalue weighted by molar-refractivity contribution is 5.94. The molecule has 1 N–H and O–H groups in total. The Labute approximate surface area is 126 Å². The molecule has 4 nitrogen and oxygen atoms in total. The van der Waals surface area contributed by atoms with Crippen LogP contribution in [0.5, 0.6) is 5.75 Å². The van der Waals surface area contributed by atoms with Crippen LogP contribution in [0.25, 0.3) is 0 Å². The van der Waals surface area contributed by atoms with Crippen molar-refractivity contribution in [3.8, 4) is 5.75 Å². The van der Waals surface area contributed by atoms with Crippen LogP contribution in [0, 0.1) is 6.92 Å². The second-order valence-electron chi connectivity index (χ2n) is 6.29. The van der Waals surface area contributed by atoms with Gasteiger partial charge in [0.1, 0.15) is 5.75 Å². The molecule has 1 amide bonds. The standard InChI is InChI=1S/C17H24N2O2/c1-13-11-14(5-6-16(13)20)17(21)19-10-7-15(12-19)18-8-3-2-4-9-18/h5-6,11,15,20H,2-4,7-10,12H2,1H3. The molecule has 1 unspecified atom stereocenters. The summed E-state index contributed by atoms with van der Waals surface area (Å²) in [5, 5.41) is 9.57. The third kappa shape index (κ3) is 3.05. The van der Waals surface area contributed by atoms with Crippen molar-refractivity contribution in [2.75, 3.05) is 26.2 Å². The lowest BCUT2D eigenvalue weighted by molar-refractivity contribution is 0.0771. The molecule has 114 valence electrons. The molecule has 0 saturated carbocycles. The van der Waals surface area contributed by atoms with Gasteiger partial charge in [-0.1, -0.05) is 6.42 Å². The second-order valence-corrected chi connectivity index (χ2v) is 6.29. The smallest absolute Gasteiger partial charge is 0.253 e. The lowest BCUT2D eigenvalue weighted by atomic mass is 10.1. The van der Waals surface area contributed by atoms with Gasteiger partial charge in [-0.2, -0.15) is 0 Å². The maximum absolute atomic E-state index is 12.6. The van der Waals surface area contributed by atoms with Gasteiger partial charge < -0.3 is 10.0 Å². The zero-order chi connectivity index (χ0) is 14.8. The highest BCUT2D eigenvalue weighted by atomic mass is 16.3. The van der Waals surface area contributed by atoms with E-state index in [4.69, 9.17) is 0 Å². The van der Waals surface area contributed by atoms with E-state index in [9.17, 15) is 9.90 Å². The molecule has 2 fully saturated rings. The monoisotopic (exact) mass is 288 g/mol. The number of aryl methyl sites for hydroxylation is 1. The van der Waals surface area contributed by atoms with Gasteiger partial charge >= 0.3 is 0 Å². The molecule has 0 aromatic heterocycles. The number of benzene rings is 1. The average molecular weight is 288 g/mol. The van der Waals surface area contributed by atoms with Crippen LogP contribution in [0.1, 0.15) is 41.6 Å². The molecule has 2 aliphatic rings. The molecular formula is C17H24N2O2. The number of amides is 1. The lowest BCUT2D eigenvalue weighted by Crippen LogP contribution is -2.41. The first-order chi connectivity index (χ1) is 10.1. The van der Waals surface area contributed by atoms with Gasteiger partial charge in [-0.05, 0) is 63.0 Å². The van der Waals surface area contributed by atoms with Crippen LogP contribution in [0.15, 0.2) is 18.2 Å². The molecule has 21 heavy (non-hydrogen) atoms. The van der Waals surface area contributed by atoms with Gasteiger partial charge in [-0.15, -0.1) is 0 Å². The Morgan fingerprint density at radius 2 is 1.95 bits per heavy atom. The summed E-state index contributed by atoms with van der Waals surface area (Å²) in [4.78, 5) is 17.1. The molecule has 0 spiro atoms. The summed E-state index contributed by atoms with van der Waals surface area (Å²) in [7, 11) is 0. The molecule has 3 rings (SSSR count). The first kappa shape index (κ1) is 14.4. The van der Waals surface area contributed by atoms with E-state index in [1.165, 1.54) is 32.4 Å². The molecule has 2 saturated heterocycles. The molecule has 4 heteroatoms. The third-order valence-electron chi connectivity index (χ3n) is 4.80. The largest absolute Gasteiger partial charge is 0.508 e. The number of nitrogens with zero attached hydrogens (tertiary/aromatic N) is 2. The molecule has 2 aliphatic heterocycles. The lowest BCUT2D eigenvalue weighted by Gasteiger charge is -2.32. The van der Waals surface area contributed by atoms with Crippen LogP contribution in [0.4, 0.5) is 0 Å². The molecule has 0 aliphatic carbocycles. The van der Waals surface area contributed by atoms with Gasteiger partial charge in [0, 0.05) is 24.7 Å². The van der Waals surface area contributed by atoms with Gasteiger partial charge in [0.2, 0.25) is 0 Å². The fourth-order valence-electron chi connectivity index (χ4n) is 3.48. The van der Waals surface area contributed by atoms with E-state index in [2.05, 4.69) is 4.90 Å². The number of rotatable bonds is 2. The molecule has 0 radical (unpaired) electrons. The van der Waals surface area contributed by atoms with Crippen LogP contribution >= 0.6 is 0 Å². The van der Waals surface area contributed by atoms with Crippen molar-refractivity contribution in [3.05, 3.63) is 29.3 Å². The van der Waals surface area contributed by atoms with Gasteiger partial charge in [0.05, 0.1) is 0 Å². The van der Waals surface area contributed by atoms with E-state index in [1.807, 2.05) is 11.8 Å². The number of carbonyl (C=O) groups is 1. The van der Waals surface area contributed by atoms with Crippen LogP contribution in [0.3, 0.4) is 0 Å². The van der Waals surface area contributed by atoms with Crippen LogP contribution < -0.4 is 0 Å². The fraction of sp³-hybridized carbons (Fsp3) is 0.588. The minimum Gasteiger partial charge on any atom is -0.508 e. The summed E-state index contributed by atoms with van der Waals surface area (Å²) < 4.78 is 0. The Hall–Kier alpha value is -1.55. The summed E-state index contributed by atoms with van der Waals surface area (Å²) in [5.74, 6) is 0.344. The van der Waals surface area contributed by atoms with Crippen molar-refractivity contribution in [1.82, 2.24) is 9.80 Å². The number of phenolic OH excluding ortho intramolecular Hbond substituents is 1. The molecule has 0 bridgehead atoms. The first-order valence-corrected chi connectivity index (χ1v) is 7.98. The average Bonchev–Trinajstić information content (AvgIpc) is 3.00. The summed E-state index contributed by atoms with van der Waals surface area (Å²) >= 11 is 0. The van der Waals surface area contributed by atoms with Gasteiger partial charge in [0.25, 0.3) is 5.91 Å². The Kier molecular flexibility index (Phi) is 4.15. The topological polar surface area (TPSA) is 43.8 Å². The predicted molar refractivity (Wildman–Crippen MR) is 82.6 cm³/mol. The predicted octanol–water partition coefficient (Wildman–Crippen LogP) is 2.40. The van der Waals surface area contributed by atoms with Crippen molar-refractivity contribution < 1.29 is 9.90 Å². The van der Waals surface area contributed by atoms with Crippen molar-refractivity contribution >= 4 is 5.91 Å². The number of phenols is 1. The third-order valence-corrected chi connectivity index (χ3v) is 4.80. The van der Waals surface area contributed by atoms with Gasteiger partial charge in [0.15, 0.2) is 0 Å². The Balaban J connectivity index is 1.64. The normalized spacial score (nSPS) is 23.5. The SMILES string of the molecule is Cc1cc(C(=O)N2CCC(N3CCCCC3)C2)ccc1O. The van der Waals surface area contributed by atoms with E-state index < -0.39 is 0 Å². The zero-order valence-electron chi connectivity index (χ0n) is 12.7. The van der Waals surface area contributed by atoms with Gasteiger partial charge in [-0.3, -0.25) is 9.69 Å². The summed E-state index contributed by atoms with van der Waals surface area (Å²) in [5.41, 5.74) is 1.44. The summed E-state index contributed by atoms with van der Waals surface area (Å²) in [6.45, 7) is 5.89. The molecular weight excluding hydrogens is 264 g/mol. The first-order valence-electron chi connectivity index (χ1n) is 7.98. The highest BCUT2D eigenvalue weighted by Crippen LogP contribution is 2.23. The number of piperidine rings is 1. The van der Waals surface area contributed by atoms with Crippen LogP contribution in [-0.2, 0) is 0 Å². The molecule has 1 aromatic rings. The molecule has 2 heterocycles. The number of aromatic hydroxyl groups is 1. The maximum atomic E-state index is 12.6. The minimum atomic E-state index is 0.0950. The Morgan fingerprint density at radius 3 is 2.67 bits per heavy atom. The number of likely N-dealkylation sites (tertiary alicyclic amines) is 2. The van der Waals surface area contributed by atoms with E-state index in [-0.39, 0.29) is 11.7 Å². The Morgan fingerprint density at radius 1 is 1.19 bits per heavy atom. The number of hydrogen-bond donors (Lipinski definition) is 1. The van der Waals surface area contributed by atoms with E-state index >= 15 is 0 Å². The van der Waals surface area contributed by atoms with E-state index in [0.29, 0.717) is 11.6 Å². The van der Waals surface area contributed by atoms with E-state index in [0.717, 1.165) is 25.1 Å². The second kappa shape index (κ2) is 6.06. The number of carbonyl (C=O) groups excluding carboxylic acids is 1. The number of hydrogen-bond acceptors (Lipinski definition) is 3. The van der Waals surface area contributed by atoms with Crippen LogP contribution in [-0.4, -0.2) is 53.0 Å². The minimum absolute atomic E-state index is 0.0950. The van der Waals surface area contributed by atoms with Crippen molar-refractivity contribution in [3.63, 3.8) is 0 Å². The van der Waals surface area contributed by atoms with E-state index in [1.54, 1.807) is 18.2 Å². The van der Waals surface area contributed by atoms with Crippen LogP contribution in [0.2, 0.25) is 0 Å². The maximum Gasteiger partial charge on any atom is 0.253 e. The van der Waals surface area contributed by atoms with Crippen molar-refractivity contribution in [2.24, 2.45) is 0 Å². The quantitative estimate of drug-likeness (QED) is 0.909. The van der Waals surface area contributed by atoms with Crippen molar-refractivity contribution in [2.45, 2.75) is 38.6 Å². The molecule has 1 aromatic carbocycles.